The van der Waals surface area contributed by atoms with Gasteiger partial charge in [-0.3, -0.25) is 18.6 Å². The molecule has 0 fully saturated rings. The summed E-state index contributed by atoms with van der Waals surface area (Å²) in [6.07, 6.45) is 64.7. The number of phosphoric acid groups is 1. The molecule has 4 N–H and O–H groups in total. The van der Waals surface area contributed by atoms with Crippen molar-refractivity contribution in [2.75, 3.05) is 26.4 Å². The molecule has 0 bridgehead atoms. The van der Waals surface area contributed by atoms with Crippen molar-refractivity contribution >= 4 is 19.8 Å². The third-order valence-corrected chi connectivity index (χ3v) is 11.3. The normalized spacial score (nSPS) is 14.5. The second-order valence-electron chi connectivity index (χ2n) is 16.6. The molecule has 0 saturated heterocycles. The van der Waals surface area contributed by atoms with Crippen LogP contribution in [0.1, 0.15) is 194 Å². The Morgan fingerprint density at radius 3 is 1.35 bits per heavy atom. The van der Waals surface area contributed by atoms with Gasteiger partial charge in [-0.25, -0.2) is 4.57 Å². The van der Waals surface area contributed by atoms with Gasteiger partial charge in [-0.1, -0.05) is 195 Å². The summed E-state index contributed by atoms with van der Waals surface area (Å²) in [7, 11) is -4.64. The zero-order valence-electron chi connectivity index (χ0n) is 40.8. The molecule has 3 atom stereocenters. The molecule has 0 aromatic rings. The Labute approximate surface area is 396 Å². The Morgan fingerprint density at radius 1 is 0.508 bits per heavy atom. The number of unbranched alkanes of at least 4 members (excludes halogenated alkanes) is 17. The number of phosphoric ester groups is 1. The topological polar surface area (TPSA) is 155 Å². The fraction of sp³-hybridized carbons (Fsp3) is 0.667. The molecule has 0 spiro atoms. The van der Waals surface area contributed by atoms with Crippen molar-refractivity contribution in [3.8, 4) is 0 Å². The molecule has 11 heteroatoms. The minimum atomic E-state index is -4.64. The molecule has 0 rings (SSSR count). The molecule has 65 heavy (non-hydrogen) atoms. The molecule has 0 aromatic carbocycles. The fourth-order valence-electron chi connectivity index (χ4n) is 6.47. The van der Waals surface area contributed by atoms with Crippen LogP contribution in [-0.2, 0) is 32.7 Å². The number of nitrogens with two attached hydrogens (primary N) is 1. The van der Waals surface area contributed by atoms with E-state index >= 15 is 0 Å². The van der Waals surface area contributed by atoms with Gasteiger partial charge in [-0.2, -0.15) is 0 Å². The molecule has 0 aliphatic carbocycles. The summed E-state index contributed by atoms with van der Waals surface area (Å²) in [5.74, 6) is -1.85. The van der Waals surface area contributed by atoms with E-state index < -0.39 is 45.1 Å². The van der Waals surface area contributed by atoms with Crippen molar-refractivity contribution in [3.05, 3.63) is 97.2 Å². The Balaban J connectivity index is 4.29. The zero-order valence-corrected chi connectivity index (χ0v) is 41.7. The summed E-state index contributed by atoms with van der Waals surface area (Å²) in [4.78, 5) is 33.7. The minimum Gasteiger partial charge on any atom is -0.480 e. The van der Waals surface area contributed by atoms with Gasteiger partial charge in [0, 0.05) is 13.0 Å². The van der Waals surface area contributed by atoms with Crippen LogP contribution in [0.15, 0.2) is 97.2 Å². The highest BCUT2D eigenvalue weighted by atomic mass is 31.2. The number of carboxylic acid groups (broad SMARTS) is 1. The van der Waals surface area contributed by atoms with Gasteiger partial charge in [0.1, 0.15) is 12.1 Å². The van der Waals surface area contributed by atoms with Gasteiger partial charge in [-0.05, 0) is 89.9 Å². The molecule has 3 unspecified atom stereocenters. The van der Waals surface area contributed by atoms with Crippen LogP contribution in [0.2, 0.25) is 0 Å². The van der Waals surface area contributed by atoms with Gasteiger partial charge >= 0.3 is 19.8 Å². The number of carbonyl (C=O) groups is 2. The van der Waals surface area contributed by atoms with Crippen molar-refractivity contribution in [1.29, 1.82) is 0 Å². The second kappa shape index (κ2) is 48.8. The lowest BCUT2D eigenvalue weighted by Crippen LogP contribution is -2.34. The predicted molar refractivity (Wildman–Crippen MR) is 272 cm³/mol. The van der Waals surface area contributed by atoms with Crippen molar-refractivity contribution < 1.29 is 42.7 Å². The SMILES string of the molecule is CC/C=C\C/C=C\C/C=C\C/C=C\C/C=C\C/C=C\C/C=C\CCCC(=O)OC(COCCCCCCCCCCCC/C=C\CCCCCCCC)COP(=O)(O)OCC(N)C(=O)O. The van der Waals surface area contributed by atoms with Crippen LogP contribution >= 0.6 is 7.82 Å². The first-order valence-corrected chi connectivity index (χ1v) is 26.8. The molecule has 0 aromatic heterocycles. The Bertz CT molecular complexity index is 1400. The number of allylic oxidation sites excluding steroid dienone is 16. The number of hydrogen-bond donors (Lipinski definition) is 3. The average molecular weight is 930 g/mol. The molecule has 0 aliphatic heterocycles. The van der Waals surface area contributed by atoms with Crippen LogP contribution in [0.5, 0.6) is 0 Å². The van der Waals surface area contributed by atoms with E-state index in [1.54, 1.807) is 0 Å². The predicted octanol–water partition coefficient (Wildman–Crippen LogP) is 14.9. The van der Waals surface area contributed by atoms with E-state index in [1.807, 2.05) is 6.08 Å². The molecular formula is C54H92NO9P. The highest BCUT2D eigenvalue weighted by Crippen LogP contribution is 2.43. The number of rotatable bonds is 47. The monoisotopic (exact) mass is 930 g/mol. The summed E-state index contributed by atoms with van der Waals surface area (Å²) < 4.78 is 33.4. The van der Waals surface area contributed by atoms with Crippen LogP contribution < -0.4 is 5.73 Å². The minimum absolute atomic E-state index is 0.0127. The standard InChI is InChI=1S/C54H92NO9P/c1-3-5-7-9-11-13-15-17-19-21-23-25-26-27-28-30-32-34-36-38-40-42-44-46-53(56)64-51(49-62-65(59,60)63-50-52(55)54(57)58)48-61-47-45-43-41-39-37-35-33-31-29-24-22-20-18-16-14-12-10-8-6-4-2/h5,7,11,13,17-20,23,25,27-28,32,34,38,40,51-52H,3-4,6,8-10,12,14-16,21-22,24,26,29-31,33,35-37,39,41-50,55H2,1-2H3,(H,57,58)(H,59,60)/b7-5-,13-11-,19-17-,20-18-,25-23-,28-27-,34-32-,40-38-. The van der Waals surface area contributed by atoms with Gasteiger partial charge < -0.3 is 25.2 Å². The van der Waals surface area contributed by atoms with Crippen LogP contribution in [0.25, 0.3) is 0 Å². The molecule has 0 saturated carbocycles. The van der Waals surface area contributed by atoms with Crippen molar-refractivity contribution in [1.82, 2.24) is 0 Å². The van der Waals surface area contributed by atoms with E-state index in [0.717, 1.165) is 64.2 Å². The van der Waals surface area contributed by atoms with E-state index in [9.17, 15) is 19.0 Å². The summed E-state index contributed by atoms with van der Waals surface area (Å²) >= 11 is 0. The van der Waals surface area contributed by atoms with Gasteiger partial charge in [0.05, 0.1) is 19.8 Å². The molecule has 10 nitrogen and oxygen atoms in total. The molecule has 0 heterocycles. The number of esters is 1. The van der Waals surface area contributed by atoms with E-state index in [4.69, 9.17) is 29.4 Å². The van der Waals surface area contributed by atoms with Gasteiger partial charge in [-0.15, -0.1) is 0 Å². The quantitative estimate of drug-likeness (QED) is 0.0232. The third kappa shape index (κ3) is 48.6. The Hall–Kier alpha value is -3.11. The summed E-state index contributed by atoms with van der Waals surface area (Å²) in [5.41, 5.74) is 5.37. The van der Waals surface area contributed by atoms with Crippen LogP contribution in [0.4, 0.5) is 0 Å². The van der Waals surface area contributed by atoms with Gasteiger partial charge in [0.15, 0.2) is 0 Å². The zero-order chi connectivity index (χ0) is 47.6. The molecule has 0 radical (unpaired) electrons. The summed E-state index contributed by atoms with van der Waals surface area (Å²) in [5, 5.41) is 8.93. The maximum absolute atomic E-state index is 12.7. The average Bonchev–Trinajstić information content (AvgIpc) is 3.29. The Morgan fingerprint density at radius 2 is 0.892 bits per heavy atom. The largest absolute Gasteiger partial charge is 0.480 e. The van der Waals surface area contributed by atoms with E-state index in [1.165, 1.54) is 96.3 Å². The number of ether oxygens (including phenoxy) is 2. The Kier molecular flexibility index (Phi) is 46.5. The lowest BCUT2D eigenvalue weighted by molar-refractivity contribution is -0.154. The second-order valence-corrected chi connectivity index (χ2v) is 18.0. The molecule has 372 valence electrons. The third-order valence-electron chi connectivity index (χ3n) is 10.3. The summed E-state index contributed by atoms with van der Waals surface area (Å²) in [6, 6.07) is -1.49. The highest BCUT2D eigenvalue weighted by molar-refractivity contribution is 7.47. The number of carboxylic acids is 1. The lowest BCUT2D eigenvalue weighted by atomic mass is 10.1. The van der Waals surface area contributed by atoms with Crippen LogP contribution in [0.3, 0.4) is 0 Å². The van der Waals surface area contributed by atoms with Crippen molar-refractivity contribution in [2.45, 2.75) is 206 Å². The lowest BCUT2D eigenvalue weighted by Gasteiger charge is -2.20. The number of carbonyl (C=O) groups excluding carboxylic acids is 1. The maximum Gasteiger partial charge on any atom is 0.472 e. The molecule has 0 aliphatic rings. The van der Waals surface area contributed by atoms with E-state index in [0.29, 0.717) is 19.4 Å². The van der Waals surface area contributed by atoms with Crippen LogP contribution in [-0.4, -0.2) is 60.5 Å². The number of aliphatic carboxylic acids is 1. The fourth-order valence-corrected chi connectivity index (χ4v) is 7.25. The van der Waals surface area contributed by atoms with Gasteiger partial charge in [0.2, 0.25) is 0 Å². The van der Waals surface area contributed by atoms with Crippen molar-refractivity contribution in [3.63, 3.8) is 0 Å². The highest BCUT2D eigenvalue weighted by Gasteiger charge is 2.27. The first-order valence-electron chi connectivity index (χ1n) is 25.3. The maximum atomic E-state index is 12.7. The molecule has 0 amide bonds. The summed E-state index contributed by atoms with van der Waals surface area (Å²) in [6.45, 7) is 3.69. The molecular weight excluding hydrogens is 838 g/mol. The van der Waals surface area contributed by atoms with E-state index in [2.05, 4.69) is 105 Å². The smallest absolute Gasteiger partial charge is 0.472 e. The first kappa shape index (κ1) is 61.9. The van der Waals surface area contributed by atoms with Gasteiger partial charge in [0.25, 0.3) is 0 Å². The van der Waals surface area contributed by atoms with Crippen molar-refractivity contribution in [2.24, 2.45) is 5.73 Å². The van der Waals surface area contributed by atoms with E-state index in [-0.39, 0.29) is 13.0 Å². The first-order chi connectivity index (χ1) is 31.7. The number of hydrogen-bond acceptors (Lipinski definition) is 8. The van der Waals surface area contributed by atoms with Crippen LogP contribution in [0, 0.1) is 0 Å².